The molecular formula is C18H25BrF2. The van der Waals surface area contributed by atoms with Gasteiger partial charge in [0.2, 0.25) is 0 Å². The molecule has 118 valence electrons. The standard InChI is InChI=1S/C18H25BrF2/c1-2-3-5-14-8-10-18(13-19,11-9-14)12-15-6-4-7-16(20)17(15)21/h4,6-7,14H,2-3,5,8-13H2,1H3. The molecule has 0 saturated heterocycles. The van der Waals surface area contributed by atoms with Gasteiger partial charge in [-0.3, -0.25) is 0 Å². The van der Waals surface area contributed by atoms with Crippen molar-refractivity contribution in [3.8, 4) is 0 Å². The second-order valence-corrected chi connectivity index (χ2v) is 7.17. The molecule has 1 saturated carbocycles. The molecule has 0 bridgehead atoms. The summed E-state index contributed by atoms with van der Waals surface area (Å²) in [5.41, 5.74) is 0.624. The van der Waals surface area contributed by atoms with E-state index in [1.165, 1.54) is 38.2 Å². The zero-order valence-corrected chi connectivity index (χ0v) is 14.4. The minimum atomic E-state index is -0.728. The molecule has 1 aliphatic carbocycles. The Balaban J connectivity index is 2.01. The molecule has 21 heavy (non-hydrogen) atoms. The maximum absolute atomic E-state index is 13.9. The molecule has 1 fully saturated rings. The summed E-state index contributed by atoms with van der Waals surface area (Å²) in [5, 5.41) is 0.871. The van der Waals surface area contributed by atoms with Gasteiger partial charge in [0.05, 0.1) is 0 Å². The predicted molar refractivity (Wildman–Crippen MR) is 87.8 cm³/mol. The first kappa shape index (κ1) is 16.9. The SMILES string of the molecule is CCCCC1CCC(CBr)(Cc2cccc(F)c2F)CC1. The van der Waals surface area contributed by atoms with Crippen molar-refractivity contribution in [1.29, 1.82) is 0 Å². The van der Waals surface area contributed by atoms with E-state index >= 15 is 0 Å². The first-order valence-electron chi connectivity index (χ1n) is 8.09. The van der Waals surface area contributed by atoms with Crippen molar-refractivity contribution < 1.29 is 8.78 Å². The second-order valence-electron chi connectivity index (χ2n) is 6.61. The van der Waals surface area contributed by atoms with Gasteiger partial charge in [-0.1, -0.05) is 54.2 Å². The highest BCUT2D eigenvalue weighted by atomic mass is 79.9. The quantitative estimate of drug-likeness (QED) is 0.525. The van der Waals surface area contributed by atoms with E-state index in [4.69, 9.17) is 0 Å². The van der Waals surface area contributed by atoms with Gasteiger partial charge in [-0.25, -0.2) is 8.78 Å². The van der Waals surface area contributed by atoms with Crippen LogP contribution in [0.2, 0.25) is 0 Å². The molecule has 1 aromatic carbocycles. The topological polar surface area (TPSA) is 0 Å². The molecule has 0 spiro atoms. The van der Waals surface area contributed by atoms with Gasteiger partial charge in [0.1, 0.15) is 0 Å². The lowest BCUT2D eigenvalue weighted by molar-refractivity contribution is 0.167. The Morgan fingerprint density at radius 1 is 1.24 bits per heavy atom. The second kappa shape index (κ2) is 7.71. The van der Waals surface area contributed by atoms with Crippen molar-refractivity contribution in [3.05, 3.63) is 35.4 Å². The largest absolute Gasteiger partial charge is 0.204 e. The highest BCUT2D eigenvalue weighted by Crippen LogP contribution is 2.44. The van der Waals surface area contributed by atoms with Crippen molar-refractivity contribution >= 4 is 15.9 Å². The molecule has 2 rings (SSSR count). The fourth-order valence-corrected chi connectivity index (χ4v) is 4.28. The summed E-state index contributed by atoms with van der Waals surface area (Å²) in [6, 6.07) is 4.54. The van der Waals surface area contributed by atoms with Crippen molar-refractivity contribution in [1.82, 2.24) is 0 Å². The third kappa shape index (κ3) is 4.28. The van der Waals surface area contributed by atoms with Crippen molar-refractivity contribution in [2.75, 3.05) is 5.33 Å². The highest BCUT2D eigenvalue weighted by Gasteiger charge is 2.35. The molecule has 0 aromatic heterocycles. The van der Waals surface area contributed by atoms with Crippen LogP contribution < -0.4 is 0 Å². The maximum atomic E-state index is 13.9. The van der Waals surface area contributed by atoms with Crippen LogP contribution in [0.15, 0.2) is 18.2 Å². The summed E-state index contributed by atoms with van der Waals surface area (Å²) >= 11 is 3.63. The zero-order chi connectivity index (χ0) is 15.3. The Hall–Kier alpha value is -0.440. The highest BCUT2D eigenvalue weighted by molar-refractivity contribution is 9.09. The fraction of sp³-hybridized carbons (Fsp3) is 0.667. The van der Waals surface area contributed by atoms with Gasteiger partial charge in [-0.15, -0.1) is 0 Å². The van der Waals surface area contributed by atoms with E-state index in [-0.39, 0.29) is 5.41 Å². The van der Waals surface area contributed by atoms with Crippen molar-refractivity contribution in [2.45, 2.75) is 58.3 Å². The van der Waals surface area contributed by atoms with Crippen LogP contribution in [0.5, 0.6) is 0 Å². The third-order valence-corrected chi connectivity index (χ3v) is 6.20. The maximum Gasteiger partial charge on any atom is 0.162 e. The van der Waals surface area contributed by atoms with E-state index in [1.54, 1.807) is 12.1 Å². The number of benzene rings is 1. The lowest BCUT2D eigenvalue weighted by atomic mass is 9.68. The number of hydrogen-bond donors (Lipinski definition) is 0. The van der Waals surface area contributed by atoms with Gasteiger partial charge >= 0.3 is 0 Å². The average Bonchev–Trinajstić information content (AvgIpc) is 2.51. The first-order chi connectivity index (χ1) is 10.1. The van der Waals surface area contributed by atoms with Crippen LogP contribution in [-0.2, 0) is 6.42 Å². The van der Waals surface area contributed by atoms with Gasteiger partial charge in [-0.2, -0.15) is 0 Å². The smallest absolute Gasteiger partial charge is 0.162 e. The van der Waals surface area contributed by atoms with Crippen molar-refractivity contribution in [2.24, 2.45) is 11.3 Å². The molecular weight excluding hydrogens is 334 g/mol. The number of halogens is 3. The third-order valence-electron chi connectivity index (χ3n) is 5.01. The molecule has 0 atom stereocenters. The van der Waals surface area contributed by atoms with Gasteiger partial charge in [0.25, 0.3) is 0 Å². The van der Waals surface area contributed by atoms with Gasteiger partial charge in [0.15, 0.2) is 11.6 Å². The molecule has 0 N–H and O–H groups in total. The van der Waals surface area contributed by atoms with E-state index in [9.17, 15) is 8.78 Å². The van der Waals surface area contributed by atoms with Crippen LogP contribution >= 0.6 is 15.9 Å². The zero-order valence-electron chi connectivity index (χ0n) is 12.8. The van der Waals surface area contributed by atoms with Crippen LogP contribution in [-0.4, -0.2) is 5.33 Å². The van der Waals surface area contributed by atoms with E-state index in [0.29, 0.717) is 12.0 Å². The molecule has 0 amide bonds. The number of alkyl halides is 1. The van der Waals surface area contributed by atoms with E-state index in [2.05, 4.69) is 22.9 Å². The molecule has 3 heteroatoms. The minimum absolute atomic E-state index is 0.0946. The minimum Gasteiger partial charge on any atom is -0.204 e. The monoisotopic (exact) mass is 358 g/mol. The first-order valence-corrected chi connectivity index (χ1v) is 9.21. The van der Waals surface area contributed by atoms with Crippen LogP contribution in [0.4, 0.5) is 8.78 Å². The lowest BCUT2D eigenvalue weighted by Crippen LogP contribution is -2.31. The summed E-state index contributed by atoms with van der Waals surface area (Å²) in [6.07, 6.45) is 9.21. The van der Waals surface area contributed by atoms with Crippen LogP contribution in [0.1, 0.15) is 57.4 Å². The Morgan fingerprint density at radius 3 is 2.57 bits per heavy atom. The molecule has 1 aliphatic rings. The number of unbranched alkanes of at least 4 members (excludes halogenated alkanes) is 1. The average molecular weight is 359 g/mol. The van der Waals surface area contributed by atoms with Gasteiger partial charge in [-0.05, 0) is 55.1 Å². The van der Waals surface area contributed by atoms with E-state index < -0.39 is 11.6 Å². The molecule has 1 aromatic rings. The molecule has 0 unspecified atom stereocenters. The van der Waals surface area contributed by atoms with Crippen molar-refractivity contribution in [3.63, 3.8) is 0 Å². The Bertz CT molecular complexity index is 451. The Kier molecular flexibility index (Phi) is 6.21. The van der Waals surface area contributed by atoms with Crippen LogP contribution in [0, 0.1) is 23.0 Å². The molecule has 0 heterocycles. The summed E-state index contributed by atoms with van der Waals surface area (Å²) < 4.78 is 27.3. The normalized spacial score (nSPS) is 26.0. The van der Waals surface area contributed by atoms with Crippen LogP contribution in [0.25, 0.3) is 0 Å². The number of hydrogen-bond acceptors (Lipinski definition) is 0. The summed E-state index contributed by atoms with van der Waals surface area (Å²) in [5.74, 6) is -0.561. The number of rotatable bonds is 6. The Labute approximate surface area is 135 Å². The van der Waals surface area contributed by atoms with Crippen LogP contribution in [0.3, 0.4) is 0 Å². The Morgan fingerprint density at radius 2 is 1.95 bits per heavy atom. The summed E-state index contributed by atoms with van der Waals surface area (Å²) in [7, 11) is 0. The molecule has 0 radical (unpaired) electrons. The fourth-order valence-electron chi connectivity index (χ4n) is 3.52. The van der Waals surface area contributed by atoms with Gasteiger partial charge in [0, 0.05) is 5.33 Å². The summed E-state index contributed by atoms with van der Waals surface area (Å²) in [6.45, 7) is 2.23. The molecule has 0 aliphatic heterocycles. The predicted octanol–water partition coefficient (Wildman–Crippen LogP) is 6.27. The molecule has 0 nitrogen and oxygen atoms in total. The van der Waals surface area contributed by atoms with E-state index in [1.807, 2.05) is 0 Å². The summed E-state index contributed by atoms with van der Waals surface area (Å²) in [4.78, 5) is 0. The van der Waals surface area contributed by atoms with E-state index in [0.717, 1.165) is 24.1 Å². The lowest BCUT2D eigenvalue weighted by Gasteiger charge is -2.39. The van der Waals surface area contributed by atoms with Gasteiger partial charge < -0.3 is 0 Å².